The lowest BCUT2D eigenvalue weighted by molar-refractivity contribution is -0.139. The molecule has 36 heavy (non-hydrogen) atoms. The van der Waals surface area contributed by atoms with Gasteiger partial charge < -0.3 is 10.2 Å². The van der Waals surface area contributed by atoms with Crippen LogP contribution in [0.15, 0.2) is 77.7 Å². The quantitative estimate of drug-likeness (QED) is 0.474. The Labute approximate surface area is 211 Å². The Morgan fingerprint density at radius 3 is 2.19 bits per heavy atom. The summed E-state index contributed by atoms with van der Waals surface area (Å²) in [4.78, 5) is 27.5. The van der Waals surface area contributed by atoms with Crippen LogP contribution in [-0.2, 0) is 26.2 Å². The maximum Gasteiger partial charge on any atom is 0.264 e. The van der Waals surface area contributed by atoms with Gasteiger partial charge in [-0.3, -0.25) is 13.9 Å². The fourth-order valence-electron chi connectivity index (χ4n) is 3.82. The topological polar surface area (TPSA) is 86.8 Å². The van der Waals surface area contributed by atoms with Crippen molar-refractivity contribution in [3.05, 3.63) is 95.3 Å². The number of nitrogens with one attached hydrogen (secondary N) is 1. The second-order valence-electron chi connectivity index (χ2n) is 8.48. The number of anilines is 1. The summed E-state index contributed by atoms with van der Waals surface area (Å²) in [6, 6.07) is 17.8. The minimum Gasteiger partial charge on any atom is -0.357 e. The van der Waals surface area contributed by atoms with Crippen LogP contribution in [0.3, 0.4) is 0 Å². The molecule has 0 fully saturated rings. The van der Waals surface area contributed by atoms with Gasteiger partial charge in [-0.05, 0) is 67.8 Å². The van der Waals surface area contributed by atoms with Crippen molar-refractivity contribution >= 4 is 27.5 Å². The van der Waals surface area contributed by atoms with E-state index in [0.717, 1.165) is 9.87 Å². The van der Waals surface area contributed by atoms with Crippen LogP contribution in [0.2, 0.25) is 0 Å². The number of amides is 2. The Hall–Kier alpha value is -3.72. The molecule has 1 atom stereocenters. The highest BCUT2D eigenvalue weighted by atomic mass is 32.2. The lowest BCUT2D eigenvalue weighted by Crippen LogP contribution is -2.50. The van der Waals surface area contributed by atoms with Gasteiger partial charge in [-0.2, -0.15) is 0 Å². The van der Waals surface area contributed by atoms with E-state index in [9.17, 15) is 22.4 Å². The second-order valence-corrected chi connectivity index (χ2v) is 10.3. The van der Waals surface area contributed by atoms with Crippen molar-refractivity contribution in [1.29, 1.82) is 0 Å². The molecule has 1 N–H and O–H groups in total. The summed E-state index contributed by atoms with van der Waals surface area (Å²) in [5.41, 5.74) is 2.57. The summed E-state index contributed by atoms with van der Waals surface area (Å²) in [6.07, 6.45) is 0. The number of carbonyl (C=O) groups is 2. The van der Waals surface area contributed by atoms with Crippen LogP contribution >= 0.6 is 0 Å². The molecule has 9 heteroatoms. The number of hydrogen-bond acceptors (Lipinski definition) is 4. The normalized spacial score (nSPS) is 12.0. The fraction of sp³-hybridized carbons (Fsp3) is 0.259. The molecular weight excluding hydrogens is 481 g/mol. The first kappa shape index (κ1) is 26.9. The highest BCUT2D eigenvalue weighted by molar-refractivity contribution is 7.92. The third kappa shape index (κ3) is 5.91. The number of aryl methyl sites for hydroxylation is 1. The van der Waals surface area contributed by atoms with Crippen LogP contribution in [-0.4, -0.2) is 44.8 Å². The molecule has 0 saturated carbocycles. The molecular formula is C27H30FN3O4S. The SMILES string of the molecule is CNC(=O)[C@@H](C)N(Cc1ccc(F)cc1)C(=O)CN(c1cccc(C)c1C)S(=O)(=O)c1ccccc1. The molecule has 190 valence electrons. The van der Waals surface area contributed by atoms with E-state index < -0.39 is 40.2 Å². The predicted octanol–water partition coefficient (Wildman–Crippen LogP) is 3.80. The minimum absolute atomic E-state index is 0.000274. The molecule has 0 aliphatic heterocycles. The molecule has 0 aromatic heterocycles. The maximum absolute atomic E-state index is 13.7. The van der Waals surface area contributed by atoms with Gasteiger partial charge in [-0.1, -0.05) is 42.5 Å². The van der Waals surface area contributed by atoms with Gasteiger partial charge in [0.2, 0.25) is 11.8 Å². The first-order valence-corrected chi connectivity index (χ1v) is 12.9. The van der Waals surface area contributed by atoms with Gasteiger partial charge in [-0.25, -0.2) is 12.8 Å². The second kappa shape index (κ2) is 11.3. The molecule has 2 amide bonds. The van der Waals surface area contributed by atoms with Gasteiger partial charge in [0.15, 0.2) is 0 Å². The first-order chi connectivity index (χ1) is 17.1. The highest BCUT2D eigenvalue weighted by Gasteiger charge is 2.33. The number of halogens is 1. The molecule has 0 aliphatic rings. The zero-order valence-electron chi connectivity index (χ0n) is 20.7. The summed E-state index contributed by atoms with van der Waals surface area (Å²) < 4.78 is 42.0. The van der Waals surface area contributed by atoms with E-state index in [-0.39, 0.29) is 11.4 Å². The van der Waals surface area contributed by atoms with Crippen LogP contribution in [0.5, 0.6) is 0 Å². The third-order valence-corrected chi connectivity index (χ3v) is 7.91. The number of nitrogens with zero attached hydrogens (tertiary/aromatic N) is 2. The summed E-state index contributed by atoms with van der Waals surface area (Å²) in [6.45, 7) is 4.70. The Balaban J connectivity index is 2.06. The van der Waals surface area contributed by atoms with Gasteiger partial charge in [-0.15, -0.1) is 0 Å². The number of sulfonamides is 1. The van der Waals surface area contributed by atoms with E-state index in [2.05, 4.69) is 5.32 Å². The minimum atomic E-state index is -4.12. The van der Waals surface area contributed by atoms with Crippen LogP contribution in [0.25, 0.3) is 0 Å². The van der Waals surface area contributed by atoms with Gasteiger partial charge in [0.05, 0.1) is 10.6 Å². The molecule has 7 nitrogen and oxygen atoms in total. The molecule has 3 rings (SSSR count). The Morgan fingerprint density at radius 2 is 1.58 bits per heavy atom. The van der Waals surface area contributed by atoms with E-state index in [0.29, 0.717) is 16.8 Å². The van der Waals surface area contributed by atoms with Crippen molar-refractivity contribution in [3.8, 4) is 0 Å². The number of rotatable bonds is 9. The van der Waals surface area contributed by atoms with Crippen molar-refractivity contribution in [2.24, 2.45) is 0 Å². The number of benzene rings is 3. The lowest BCUT2D eigenvalue weighted by Gasteiger charge is -2.32. The van der Waals surface area contributed by atoms with E-state index >= 15 is 0 Å². The Kier molecular flexibility index (Phi) is 8.47. The van der Waals surface area contributed by atoms with E-state index in [1.165, 1.54) is 48.3 Å². The maximum atomic E-state index is 13.7. The van der Waals surface area contributed by atoms with Crippen LogP contribution in [0.4, 0.5) is 10.1 Å². The van der Waals surface area contributed by atoms with Crippen LogP contribution < -0.4 is 9.62 Å². The average Bonchev–Trinajstić information content (AvgIpc) is 2.88. The largest absolute Gasteiger partial charge is 0.357 e. The fourth-order valence-corrected chi connectivity index (χ4v) is 5.31. The summed E-state index contributed by atoms with van der Waals surface area (Å²) in [5.74, 6) is -1.41. The van der Waals surface area contributed by atoms with Crippen molar-refractivity contribution < 1.29 is 22.4 Å². The van der Waals surface area contributed by atoms with Gasteiger partial charge in [0.25, 0.3) is 10.0 Å². The third-order valence-electron chi connectivity index (χ3n) is 6.13. The standard InChI is InChI=1S/C27H30FN3O4S/c1-19-9-8-12-25(20(19)2)31(36(34,35)24-10-6-5-7-11-24)18-26(32)30(21(3)27(33)29-4)17-22-13-15-23(28)16-14-22/h5-16,21H,17-18H2,1-4H3,(H,29,33)/t21-/m1/s1. The van der Waals surface area contributed by atoms with Crippen LogP contribution in [0.1, 0.15) is 23.6 Å². The van der Waals surface area contributed by atoms with E-state index in [4.69, 9.17) is 0 Å². The molecule has 0 radical (unpaired) electrons. The number of carbonyl (C=O) groups excluding carboxylic acids is 2. The smallest absolute Gasteiger partial charge is 0.264 e. The Bertz CT molecular complexity index is 1330. The van der Waals surface area contributed by atoms with Gasteiger partial charge in [0.1, 0.15) is 18.4 Å². The van der Waals surface area contributed by atoms with Crippen LogP contribution in [0, 0.1) is 19.7 Å². The first-order valence-electron chi connectivity index (χ1n) is 11.5. The Morgan fingerprint density at radius 1 is 0.944 bits per heavy atom. The van der Waals surface area contributed by atoms with Gasteiger partial charge >= 0.3 is 0 Å². The molecule has 0 unspecified atom stereocenters. The average molecular weight is 512 g/mol. The lowest BCUT2D eigenvalue weighted by atomic mass is 10.1. The predicted molar refractivity (Wildman–Crippen MR) is 137 cm³/mol. The molecule has 0 saturated heterocycles. The molecule has 0 aliphatic carbocycles. The molecule has 0 spiro atoms. The summed E-state index contributed by atoms with van der Waals surface area (Å²) >= 11 is 0. The van der Waals surface area contributed by atoms with Crippen molar-refractivity contribution in [1.82, 2.24) is 10.2 Å². The van der Waals surface area contributed by atoms with E-state index in [1.807, 2.05) is 13.0 Å². The van der Waals surface area contributed by atoms with Crippen molar-refractivity contribution in [2.45, 2.75) is 38.3 Å². The zero-order chi connectivity index (χ0) is 26.5. The molecule has 3 aromatic rings. The summed E-state index contributed by atoms with van der Waals surface area (Å²) in [5, 5.41) is 2.53. The monoisotopic (exact) mass is 511 g/mol. The number of likely N-dealkylation sites (N-methyl/N-ethyl adjacent to an activating group) is 1. The molecule has 3 aromatic carbocycles. The molecule has 0 bridgehead atoms. The molecule has 0 heterocycles. The summed E-state index contributed by atoms with van der Waals surface area (Å²) in [7, 11) is -2.66. The van der Waals surface area contributed by atoms with E-state index in [1.54, 1.807) is 44.2 Å². The van der Waals surface area contributed by atoms with Crippen molar-refractivity contribution in [2.75, 3.05) is 17.9 Å². The van der Waals surface area contributed by atoms with Crippen molar-refractivity contribution in [3.63, 3.8) is 0 Å². The highest BCUT2D eigenvalue weighted by Crippen LogP contribution is 2.29. The zero-order valence-corrected chi connectivity index (χ0v) is 21.5. The number of hydrogen-bond donors (Lipinski definition) is 1. The van der Waals surface area contributed by atoms with Gasteiger partial charge in [0, 0.05) is 13.6 Å².